The van der Waals surface area contributed by atoms with Gasteiger partial charge in [-0.15, -0.1) is 0 Å². The van der Waals surface area contributed by atoms with Crippen LogP contribution < -0.4 is 10.1 Å². The fourth-order valence-corrected chi connectivity index (χ4v) is 2.42. The molecule has 0 saturated carbocycles. The summed E-state index contributed by atoms with van der Waals surface area (Å²) in [4.78, 5) is 3.25. The second kappa shape index (κ2) is 4.97. The zero-order chi connectivity index (χ0) is 13.2. The maximum absolute atomic E-state index is 5.27. The van der Waals surface area contributed by atoms with E-state index >= 15 is 0 Å². The number of hydrogen-bond donors (Lipinski definition) is 2. The van der Waals surface area contributed by atoms with Crippen molar-refractivity contribution in [2.75, 3.05) is 12.4 Å². The molecule has 0 aliphatic carbocycles. The lowest BCUT2D eigenvalue weighted by Crippen LogP contribution is -1.90. The van der Waals surface area contributed by atoms with Crippen molar-refractivity contribution in [2.24, 2.45) is 0 Å². The highest BCUT2D eigenvalue weighted by molar-refractivity contribution is 9.10. The lowest BCUT2D eigenvalue weighted by atomic mass is 10.2. The Morgan fingerprint density at radius 1 is 1.11 bits per heavy atom. The van der Waals surface area contributed by atoms with E-state index in [1.54, 1.807) is 7.11 Å². The Bertz CT molecular complexity index is 721. The number of nitrogens with one attached hydrogen (secondary N) is 2. The number of para-hydroxylation sites is 1. The molecule has 0 atom stereocenters. The molecule has 3 aromatic rings. The summed E-state index contributed by atoms with van der Waals surface area (Å²) in [6.07, 6.45) is 1.96. The molecule has 0 radical (unpaired) electrons. The van der Waals surface area contributed by atoms with Gasteiger partial charge in [-0.05, 0) is 46.3 Å². The van der Waals surface area contributed by atoms with Crippen molar-refractivity contribution in [1.29, 1.82) is 0 Å². The zero-order valence-corrected chi connectivity index (χ0v) is 12.0. The second-order valence-electron chi connectivity index (χ2n) is 4.22. The van der Waals surface area contributed by atoms with Crippen LogP contribution >= 0.6 is 15.9 Å². The van der Waals surface area contributed by atoms with Crippen molar-refractivity contribution in [2.45, 2.75) is 0 Å². The third kappa shape index (κ3) is 2.31. The minimum Gasteiger partial charge on any atom is -0.497 e. The van der Waals surface area contributed by atoms with Gasteiger partial charge in [0, 0.05) is 21.6 Å². The largest absolute Gasteiger partial charge is 0.497 e. The van der Waals surface area contributed by atoms with Crippen molar-refractivity contribution >= 4 is 38.2 Å². The number of rotatable bonds is 3. The van der Waals surface area contributed by atoms with Crippen LogP contribution in [0.5, 0.6) is 5.75 Å². The molecule has 0 amide bonds. The van der Waals surface area contributed by atoms with Gasteiger partial charge in [-0.1, -0.05) is 12.1 Å². The van der Waals surface area contributed by atoms with Crippen molar-refractivity contribution < 1.29 is 4.74 Å². The predicted molar refractivity (Wildman–Crippen MR) is 82.3 cm³/mol. The van der Waals surface area contributed by atoms with Gasteiger partial charge in [-0.3, -0.25) is 0 Å². The highest BCUT2D eigenvalue weighted by Gasteiger charge is 2.06. The minimum atomic E-state index is 0.849. The molecule has 4 heteroatoms. The van der Waals surface area contributed by atoms with Gasteiger partial charge in [-0.2, -0.15) is 0 Å². The van der Waals surface area contributed by atoms with Gasteiger partial charge in [-0.25, -0.2) is 0 Å². The topological polar surface area (TPSA) is 37.0 Å². The highest BCUT2D eigenvalue weighted by Crippen LogP contribution is 2.31. The van der Waals surface area contributed by atoms with Crippen LogP contribution in [0, 0.1) is 0 Å². The minimum absolute atomic E-state index is 0.849. The number of hydrogen-bond acceptors (Lipinski definition) is 2. The number of methoxy groups -OCH3 is 1. The third-order valence-electron chi connectivity index (χ3n) is 3.03. The molecule has 1 aromatic heterocycles. The van der Waals surface area contributed by atoms with Crippen LogP contribution in [-0.2, 0) is 0 Å². The van der Waals surface area contributed by atoms with Crippen molar-refractivity contribution in [3.63, 3.8) is 0 Å². The first-order valence-electron chi connectivity index (χ1n) is 5.94. The predicted octanol–water partition coefficient (Wildman–Crippen LogP) is 4.68. The highest BCUT2D eigenvalue weighted by atomic mass is 79.9. The fourth-order valence-electron chi connectivity index (χ4n) is 2.04. The lowest BCUT2D eigenvalue weighted by molar-refractivity contribution is 0.415. The van der Waals surface area contributed by atoms with Gasteiger partial charge >= 0.3 is 0 Å². The Kier molecular flexibility index (Phi) is 3.17. The van der Waals surface area contributed by atoms with Crippen LogP contribution in [0.25, 0.3) is 10.9 Å². The van der Waals surface area contributed by atoms with Crippen LogP contribution in [0.15, 0.2) is 53.1 Å². The maximum atomic E-state index is 5.27. The molecule has 0 unspecified atom stereocenters. The number of fused-ring (bicyclic) bond motifs is 1. The molecule has 2 N–H and O–H groups in total. The molecule has 0 fully saturated rings. The van der Waals surface area contributed by atoms with Crippen LogP contribution in [0.1, 0.15) is 0 Å². The number of anilines is 2. The summed E-state index contributed by atoms with van der Waals surface area (Å²) in [5.41, 5.74) is 3.14. The number of aromatic amines is 1. The van der Waals surface area contributed by atoms with Crippen LogP contribution in [0.3, 0.4) is 0 Å². The van der Waals surface area contributed by atoms with E-state index in [1.165, 1.54) is 0 Å². The van der Waals surface area contributed by atoms with E-state index in [0.29, 0.717) is 0 Å². The van der Waals surface area contributed by atoms with E-state index in [-0.39, 0.29) is 0 Å². The number of benzene rings is 2. The molecule has 0 aliphatic rings. The van der Waals surface area contributed by atoms with E-state index in [1.807, 2.05) is 48.7 Å². The average Bonchev–Trinajstić information content (AvgIpc) is 2.84. The summed E-state index contributed by atoms with van der Waals surface area (Å²) in [5, 5.41) is 4.52. The first kappa shape index (κ1) is 12.1. The molecule has 1 heterocycles. The van der Waals surface area contributed by atoms with Gasteiger partial charge in [0.2, 0.25) is 0 Å². The monoisotopic (exact) mass is 316 g/mol. The first-order valence-corrected chi connectivity index (χ1v) is 6.74. The molecular weight excluding hydrogens is 304 g/mol. The molecule has 0 spiro atoms. The normalized spacial score (nSPS) is 10.6. The van der Waals surface area contributed by atoms with Crippen LogP contribution in [0.4, 0.5) is 11.4 Å². The molecule has 0 saturated heterocycles. The molecular formula is C15H13BrN2O. The number of halogens is 1. The van der Waals surface area contributed by atoms with E-state index < -0.39 is 0 Å². The Balaban J connectivity index is 2.03. The lowest BCUT2D eigenvalue weighted by Gasteiger charge is -2.07. The summed E-state index contributed by atoms with van der Waals surface area (Å²) < 4.78 is 6.30. The summed E-state index contributed by atoms with van der Waals surface area (Å²) in [5.74, 6) is 0.849. The molecule has 2 aromatic carbocycles. The fraction of sp³-hybridized carbons (Fsp3) is 0.0667. The summed E-state index contributed by atoms with van der Waals surface area (Å²) in [7, 11) is 1.68. The maximum Gasteiger partial charge on any atom is 0.119 e. The molecule has 96 valence electrons. The summed E-state index contributed by atoms with van der Waals surface area (Å²) >= 11 is 3.54. The Labute approximate surface area is 119 Å². The number of ether oxygens (including phenoxy) is 1. The molecule has 19 heavy (non-hydrogen) atoms. The Hall–Kier alpha value is -1.94. The van der Waals surface area contributed by atoms with Gasteiger partial charge in [0.15, 0.2) is 0 Å². The van der Waals surface area contributed by atoms with Gasteiger partial charge in [0.25, 0.3) is 0 Å². The summed E-state index contributed by atoms with van der Waals surface area (Å²) in [6.45, 7) is 0. The van der Waals surface area contributed by atoms with Gasteiger partial charge in [0.05, 0.1) is 18.5 Å². The third-order valence-corrected chi connectivity index (χ3v) is 3.72. The Morgan fingerprint density at radius 3 is 2.74 bits per heavy atom. The standard InChI is InChI=1S/C15H13BrN2O/c1-19-10-6-7-13-11(8-10)15(9-17-13)18-14-5-3-2-4-12(14)16/h2-9,17-18H,1H3. The quantitative estimate of drug-likeness (QED) is 0.736. The van der Waals surface area contributed by atoms with Gasteiger partial charge < -0.3 is 15.0 Å². The second-order valence-corrected chi connectivity index (χ2v) is 5.07. The van der Waals surface area contributed by atoms with E-state index in [4.69, 9.17) is 4.74 Å². The molecule has 0 bridgehead atoms. The molecule has 3 nitrogen and oxygen atoms in total. The Morgan fingerprint density at radius 2 is 1.95 bits per heavy atom. The van der Waals surface area contributed by atoms with Crippen molar-refractivity contribution in [3.8, 4) is 5.75 Å². The summed E-state index contributed by atoms with van der Waals surface area (Å²) in [6, 6.07) is 14.0. The van der Waals surface area contributed by atoms with Crippen LogP contribution in [-0.4, -0.2) is 12.1 Å². The zero-order valence-electron chi connectivity index (χ0n) is 10.4. The van der Waals surface area contributed by atoms with Crippen molar-refractivity contribution in [1.82, 2.24) is 4.98 Å². The smallest absolute Gasteiger partial charge is 0.119 e. The van der Waals surface area contributed by atoms with E-state index in [2.05, 4.69) is 26.2 Å². The molecule has 0 aliphatic heterocycles. The number of aromatic nitrogens is 1. The van der Waals surface area contributed by atoms with Gasteiger partial charge in [0.1, 0.15) is 5.75 Å². The van der Waals surface area contributed by atoms with Crippen molar-refractivity contribution in [3.05, 3.63) is 53.1 Å². The molecule has 3 rings (SSSR count). The first-order chi connectivity index (χ1) is 9.28. The average molecular weight is 317 g/mol. The van der Waals surface area contributed by atoms with E-state index in [9.17, 15) is 0 Å². The van der Waals surface area contributed by atoms with E-state index in [0.717, 1.165) is 32.5 Å². The van der Waals surface area contributed by atoms with Crippen LogP contribution in [0.2, 0.25) is 0 Å². The SMILES string of the molecule is COc1ccc2[nH]cc(Nc3ccccc3Br)c2c1. The number of H-pyrrole nitrogens is 1.